The highest BCUT2D eigenvalue weighted by Gasteiger charge is 2.27. The molecular formula is C36H30ClFN6O4S. The van der Waals surface area contributed by atoms with Crippen molar-refractivity contribution in [2.45, 2.75) is 30.4 Å². The van der Waals surface area contributed by atoms with Crippen LogP contribution < -0.4 is 9.46 Å². The van der Waals surface area contributed by atoms with E-state index in [1.54, 1.807) is 28.9 Å². The number of hydrogen-bond acceptors (Lipinski definition) is 8. The highest BCUT2D eigenvalue weighted by molar-refractivity contribution is 7.92. The van der Waals surface area contributed by atoms with Gasteiger partial charge in [0.15, 0.2) is 23.5 Å². The summed E-state index contributed by atoms with van der Waals surface area (Å²) in [4.78, 5) is 14.2. The van der Waals surface area contributed by atoms with Crippen LogP contribution in [0.4, 0.5) is 15.9 Å². The Morgan fingerprint density at radius 2 is 1.65 bits per heavy atom. The van der Waals surface area contributed by atoms with Crippen molar-refractivity contribution < 1.29 is 22.3 Å². The number of methoxy groups -OCH3 is 1. The second-order valence-corrected chi connectivity index (χ2v) is 13.4. The number of benzene rings is 4. The fourth-order valence-corrected chi connectivity index (χ4v) is 7.04. The number of aliphatic imine (C=N–C) groups is 1. The normalized spacial score (nSPS) is 14.8. The Bertz CT molecular complexity index is 2220. The zero-order chi connectivity index (χ0) is 34.0. The fourth-order valence-electron chi connectivity index (χ4n) is 5.64. The molecule has 1 aliphatic heterocycles. The number of hydrogen-bond donors (Lipinski definition) is 1. The van der Waals surface area contributed by atoms with Crippen molar-refractivity contribution in [3.8, 4) is 17.3 Å². The summed E-state index contributed by atoms with van der Waals surface area (Å²) < 4.78 is 56.3. The third-order valence-electron chi connectivity index (χ3n) is 8.01. The molecule has 49 heavy (non-hydrogen) atoms. The minimum Gasteiger partial charge on any atom is -0.480 e. The first-order chi connectivity index (χ1) is 23.8. The quantitative estimate of drug-likeness (QED) is 0.152. The number of sulfonamides is 1. The van der Waals surface area contributed by atoms with Gasteiger partial charge in [-0.15, -0.1) is 5.10 Å². The average molecular weight is 697 g/mol. The van der Waals surface area contributed by atoms with Gasteiger partial charge in [0, 0.05) is 34.0 Å². The van der Waals surface area contributed by atoms with Gasteiger partial charge in [-0.2, -0.15) is 4.98 Å². The minimum atomic E-state index is -4.25. The number of anilines is 1. The molecule has 1 N–H and O–H groups in total. The van der Waals surface area contributed by atoms with E-state index in [0.717, 1.165) is 48.2 Å². The lowest BCUT2D eigenvalue weighted by atomic mass is 10.0. The first-order valence-corrected chi connectivity index (χ1v) is 17.4. The topological polar surface area (TPSA) is 121 Å². The van der Waals surface area contributed by atoms with Crippen LogP contribution in [0, 0.1) is 5.82 Å². The zero-order valence-electron chi connectivity index (χ0n) is 26.3. The van der Waals surface area contributed by atoms with Gasteiger partial charge < -0.3 is 9.47 Å². The van der Waals surface area contributed by atoms with Gasteiger partial charge in [0.05, 0.1) is 12.8 Å². The van der Waals surface area contributed by atoms with E-state index < -0.39 is 20.7 Å². The Kier molecular flexibility index (Phi) is 9.09. The van der Waals surface area contributed by atoms with Crippen molar-refractivity contribution in [1.29, 1.82) is 0 Å². The van der Waals surface area contributed by atoms with Crippen LogP contribution >= 0.6 is 11.6 Å². The van der Waals surface area contributed by atoms with E-state index in [0.29, 0.717) is 34.8 Å². The number of halogens is 2. The van der Waals surface area contributed by atoms with Crippen molar-refractivity contribution in [2.75, 3.05) is 18.4 Å². The largest absolute Gasteiger partial charge is 0.480 e. The number of aromatic nitrogens is 4. The number of nitrogens with zero attached hydrogens (tertiary/aromatic N) is 5. The highest BCUT2D eigenvalue weighted by Crippen LogP contribution is 2.38. The summed E-state index contributed by atoms with van der Waals surface area (Å²) in [6.07, 6.45) is 2.30. The number of rotatable bonds is 9. The summed E-state index contributed by atoms with van der Waals surface area (Å²) in [5.41, 5.74) is 3.82. The maximum atomic E-state index is 14.3. The molecule has 1 aliphatic rings. The van der Waals surface area contributed by atoms with E-state index >= 15 is 0 Å². The number of ether oxygens (including phenoxy) is 2. The monoisotopic (exact) mass is 696 g/mol. The van der Waals surface area contributed by atoms with Crippen LogP contribution in [-0.2, 0) is 14.8 Å². The van der Waals surface area contributed by atoms with Crippen molar-refractivity contribution in [3.05, 3.63) is 125 Å². The molecule has 1 atom stereocenters. The molecule has 13 heteroatoms. The van der Waals surface area contributed by atoms with Crippen LogP contribution in [-0.4, -0.2) is 47.6 Å². The van der Waals surface area contributed by atoms with Crippen LogP contribution in [0.2, 0.25) is 5.02 Å². The van der Waals surface area contributed by atoms with Gasteiger partial charge in [0.1, 0.15) is 16.1 Å². The second kappa shape index (κ2) is 13.7. The first-order valence-electron chi connectivity index (χ1n) is 15.5. The lowest BCUT2D eigenvalue weighted by Gasteiger charge is -2.23. The van der Waals surface area contributed by atoms with Gasteiger partial charge in [0.25, 0.3) is 10.0 Å². The second-order valence-electron chi connectivity index (χ2n) is 11.3. The molecule has 0 saturated carbocycles. The summed E-state index contributed by atoms with van der Waals surface area (Å²) in [5.74, 6) is 0.0542. The zero-order valence-corrected chi connectivity index (χ0v) is 27.8. The van der Waals surface area contributed by atoms with Gasteiger partial charge >= 0.3 is 0 Å². The maximum Gasteiger partial charge on any atom is 0.264 e. The van der Waals surface area contributed by atoms with E-state index in [9.17, 15) is 12.8 Å². The van der Waals surface area contributed by atoms with E-state index in [1.165, 1.54) is 13.2 Å². The van der Waals surface area contributed by atoms with E-state index in [1.807, 2.05) is 60.7 Å². The predicted molar refractivity (Wildman–Crippen MR) is 187 cm³/mol. The van der Waals surface area contributed by atoms with Gasteiger partial charge in [-0.1, -0.05) is 72.3 Å². The van der Waals surface area contributed by atoms with Crippen LogP contribution in [0.1, 0.15) is 36.6 Å². The van der Waals surface area contributed by atoms with E-state index in [4.69, 9.17) is 41.1 Å². The first kappa shape index (κ1) is 32.4. The average Bonchev–Trinajstić information content (AvgIpc) is 3.50. The number of nitrogens with one attached hydrogen (secondary N) is 1. The Morgan fingerprint density at radius 1 is 0.959 bits per heavy atom. The van der Waals surface area contributed by atoms with E-state index in [2.05, 4.69) is 4.72 Å². The summed E-state index contributed by atoms with van der Waals surface area (Å²) in [6, 6.07) is 29.5. The van der Waals surface area contributed by atoms with Gasteiger partial charge in [-0.25, -0.2) is 27.5 Å². The molecule has 7 rings (SSSR count). The Labute approximate surface area is 287 Å². The lowest BCUT2D eigenvalue weighted by molar-refractivity contribution is -0.0368. The fraction of sp³-hybridized carbons (Fsp3) is 0.167. The smallest absolute Gasteiger partial charge is 0.264 e. The molecule has 1 unspecified atom stereocenters. The molecule has 248 valence electrons. The summed E-state index contributed by atoms with van der Waals surface area (Å²) >= 11 is 5.92. The Morgan fingerprint density at radius 3 is 2.29 bits per heavy atom. The van der Waals surface area contributed by atoms with Gasteiger partial charge in [0.2, 0.25) is 5.88 Å². The molecule has 0 spiro atoms. The number of fused-ring (bicyclic) bond motifs is 1. The van der Waals surface area contributed by atoms with Crippen molar-refractivity contribution in [2.24, 2.45) is 4.99 Å². The molecule has 0 aliphatic carbocycles. The molecule has 0 amide bonds. The van der Waals surface area contributed by atoms with Crippen LogP contribution in [0.5, 0.6) is 5.88 Å². The van der Waals surface area contributed by atoms with E-state index in [-0.39, 0.29) is 22.8 Å². The van der Waals surface area contributed by atoms with Crippen molar-refractivity contribution in [1.82, 2.24) is 19.7 Å². The van der Waals surface area contributed by atoms with Gasteiger partial charge in [-0.05, 0) is 61.7 Å². The van der Waals surface area contributed by atoms with Crippen molar-refractivity contribution >= 4 is 49.9 Å². The molecule has 0 radical (unpaired) electrons. The molecule has 4 aromatic carbocycles. The third-order valence-corrected chi connectivity index (χ3v) is 9.64. The lowest BCUT2D eigenvalue weighted by Crippen LogP contribution is -2.19. The van der Waals surface area contributed by atoms with Crippen molar-refractivity contribution in [3.63, 3.8) is 0 Å². The molecule has 10 nitrogen and oxygen atoms in total. The molecule has 0 bridgehead atoms. The predicted octanol–water partition coefficient (Wildman–Crippen LogP) is 7.96. The van der Waals surface area contributed by atoms with Gasteiger partial charge in [-0.3, -0.25) is 4.72 Å². The minimum absolute atomic E-state index is 0.0988. The highest BCUT2D eigenvalue weighted by atomic mass is 35.5. The molecule has 3 heterocycles. The molecule has 1 fully saturated rings. The molecule has 6 aromatic rings. The molecule has 2 aromatic heterocycles. The SMILES string of the molecule is COc1nc(-c2ccc(NS(=O)(=O)c3cc(Cl)ccc3F)cc2)nc2c1c(N=C(c1ccccc1)c1ccccc1)nn2C1CCCCO1. The summed E-state index contributed by atoms with van der Waals surface area (Å²) in [5, 5.41) is 5.57. The molecule has 1 saturated heterocycles. The Hall–Kier alpha value is -5.17. The molecular weight excluding hydrogens is 667 g/mol. The third kappa shape index (κ3) is 6.75. The summed E-state index contributed by atoms with van der Waals surface area (Å²) in [7, 11) is -2.72. The van der Waals surface area contributed by atoms with Crippen LogP contribution in [0.25, 0.3) is 22.4 Å². The van der Waals surface area contributed by atoms with Crippen LogP contribution in [0.15, 0.2) is 113 Å². The Balaban J connectivity index is 1.32. The maximum absolute atomic E-state index is 14.3. The summed E-state index contributed by atoms with van der Waals surface area (Å²) in [6.45, 7) is 0.593. The standard InChI is InChI=1S/C36H30ClFN6O4S/c1-47-36-31-34(39-32(23-10-4-2-5-11-23)24-12-6-3-7-13-24)42-44(30-14-8-9-21-48-30)35(31)40-33(41-36)25-15-18-27(19-16-25)43-49(45,46)29-22-26(37)17-20-28(29)38/h2-7,10-13,15-20,22,30,43H,8-9,14,21H2,1H3. The van der Waals surface area contributed by atoms with Crippen LogP contribution in [0.3, 0.4) is 0 Å².